The van der Waals surface area contributed by atoms with Gasteiger partial charge >= 0.3 is 0 Å². The number of likely N-dealkylation sites (N-methyl/N-ethyl adjacent to an activating group) is 1. The first-order valence-electron chi connectivity index (χ1n) is 11.4. The highest BCUT2D eigenvalue weighted by molar-refractivity contribution is 5.92. The lowest BCUT2D eigenvalue weighted by Crippen LogP contribution is -2.55. The molecule has 2 amide bonds. The molecule has 0 aromatic carbocycles. The van der Waals surface area contributed by atoms with Crippen molar-refractivity contribution in [2.24, 2.45) is 17.8 Å². The van der Waals surface area contributed by atoms with Crippen molar-refractivity contribution in [1.82, 2.24) is 24.7 Å². The van der Waals surface area contributed by atoms with Crippen LogP contribution in [-0.4, -0.2) is 95.9 Å². The molecule has 3 aliphatic heterocycles. The fraction of sp³-hybridized carbons (Fsp3) is 0.727. The van der Waals surface area contributed by atoms with E-state index in [0.717, 1.165) is 83.9 Å². The number of hydrogen-bond donors (Lipinski definition) is 0. The van der Waals surface area contributed by atoms with Crippen LogP contribution >= 0.6 is 0 Å². The Morgan fingerprint density at radius 3 is 2.50 bits per heavy atom. The number of carbonyl (C=O) groups excluding carboxylic acids is 2. The molecule has 4 aliphatic rings. The summed E-state index contributed by atoms with van der Waals surface area (Å²) in [6, 6.07) is 0. The van der Waals surface area contributed by atoms with E-state index in [0.29, 0.717) is 23.4 Å². The van der Waals surface area contributed by atoms with Crippen LogP contribution in [0, 0.1) is 17.8 Å². The number of piperidine rings is 1. The van der Waals surface area contributed by atoms with Crippen LogP contribution < -0.4 is 4.90 Å². The number of likely N-dealkylation sites (tertiary alicyclic amines) is 1. The molecule has 4 fully saturated rings. The van der Waals surface area contributed by atoms with Crippen molar-refractivity contribution in [1.29, 1.82) is 0 Å². The Kier molecular flexibility index (Phi) is 5.35. The van der Waals surface area contributed by atoms with Gasteiger partial charge in [0.25, 0.3) is 5.91 Å². The lowest BCUT2D eigenvalue weighted by atomic mass is 9.61. The average Bonchev–Trinajstić information content (AvgIpc) is 3.30. The SMILES string of the molecule is CN1CCN(C(=O)c2cncc(N3CC[C@@H]4C[C@@H](C(=O)N5CCCC5)[C@@H]4C3)n2)CC1. The fourth-order valence-corrected chi connectivity index (χ4v) is 5.53. The summed E-state index contributed by atoms with van der Waals surface area (Å²) in [5, 5.41) is 0. The Bertz CT molecular complexity index is 803. The van der Waals surface area contributed by atoms with Crippen molar-refractivity contribution in [2.45, 2.75) is 25.7 Å². The first kappa shape index (κ1) is 19.7. The van der Waals surface area contributed by atoms with Crippen molar-refractivity contribution in [3.8, 4) is 0 Å². The van der Waals surface area contributed by atoms with E-state index in [4.69, 9.17) is 0 Å². The van der Waals surface area contributed by atoms with Crippen molar-refractivity contribution in [3.05, 3.63) is 18.1 Å². The Balaban J connectivity index is 1.25. The second-order valence-corrected chi connectivity index (χ2v) is 9.39. The Morgan fingerprint density at radius 1 is 0.967 bits per heavy atom. The molecule has 0 bridgehead atoms. The lowest BCUT2D eigenvalue weighted by molar-refractivity contribution is -0.144. The van der Waals surface area contributed by atoms with E-state index < -0.39 is 0 Å². The van der Waals surface area contributed by atoms with E-state index in [1.807, 2.05) is 4.90 Å². The maximum atomic E-state index is 12.9. The van der Waals surface area contributed by atoms with Gasteiger partial charge in [0.1, 0.15) is 11.5 Å². The van der Waals surface area contributed by atoms with Crippen LogP contribution in [0.2, 0.25) is 0 Å². The molecule has 1 aromatic heterocycles. The molecule has 3 saturated heterocycles. The molecule has 30 heavy (non-hydrogen) atoms. The zero-order valence-corrected chi connectivity index (χ0v) is 17.9. The van der Waals surface area contributed by atoms with E-state index >= 15 is 0 Å². The van der Waals surface area contributed by atoms with Crippen molar-refractivity contribution in [2.75, 3.05) is 64.3 Å². The van der Waals surface area contributed by atoms with E-state index in [9.17, 15) is 9.59 Å². The molecule has 0 N–H and O–H groups in total. The maximum Gasteiger partial charge on any atom is 0.274 e. The first-order valence-corrected chi connectivity index (χ1v) is 11.4. The highest BCUT2D eigenvalue weighted by atomic mass is 16.2. The van der Waals surface area contributed by atoms with E-state index in [1.165, 1.54) is 0 Å². The standard InChI is InChI=1S/C22H32N6O2/c1-25-8-10-27(11-9-25)22(30)19-13-23-14-20(24-19)28-7-4-16-12-17(18(16)15-28)21(29)26-5-2-3-6-26/h13-14,16-18H,2-12,15H2,1H3/t16-,17-,18-/m1/s1. The lowest BCUT2D eigenvalue weighted by Gasteiger charge is -2.51. The third-order valence-corrected chi connectivity index (χ3v) is 7.57. The van der Waals surface area contributed by atoms with Gasteiger partial charge in [-0.3, -0.25) is 14.6 Å². The Labute approximate surface area is 178 Å². The van der Waals surface area contributed by atoms with Crippen molar-refractivity contribution < 1.29 is 9.59 Å². The van der Waals surface area contributed by atoms with E-state index in [1.54, 1.807) is 12.4 Å². The minimum atomic E-state index is -0.0296. The zero-order valence-electron chi connectivity index (χ0n) is 17.9. The molecule has 0 unspecified atom stereocenters. The maximum absolute atomic E-state index is 12.9. The molecular formula is C22H32N6O2. The predicted molar refractivity (Wildman–Crippen MR) is 113 cm³/mol. The summed E-state index contributed by atoms with van der Waals surface area (Å²) in [5.41, 5.74) is 0.428. The van der Waals surface area contributed by atoms with Crippen LogP contribution in [-0.2, 0) is 4.79 Å². The van der Waals surface area contributed by atoms with Gasteiger partial charge in [0.05, 0.1) is 12.4 Å². The minimum Gasteiger partial charge on any atom is -0.355 e. The number of carbonyl (C=O) groups is 2. The summed E-state index contributed by atoms with van der Waals surface area (Å²) >= 11 is 0. The quantitative estimate of drug-likeness (QED) is 0.736. The van der Waals surface area contributed by atoms with Crippen LogP contribution in [0.3, 0.4) is 0 Å². The zero-order chi connectivity index (χ0) is 20.7. The summed E-state index contributed by atoms with van der Waals surface area (Å²) in [6.45, 7) is 6.87. The van der Waals surface area contributed by atoms with Gasteiger partial charge in [-0.15, -0.1) is 0 Å². The number of rotatable bonds is 3. The molecule has 4 heterocycles. The summed E-state index contributed by atoms with van der Waals surface area (Å²) in [7, 11) is 2.08. The number of amides is 2. The third kappa shape index (κ3) is 3.66. The van der Waals surface area contributed by atoms with E-state index in [2.05, 4.69) is 31.7 Å². The summed E-state index contributed by atoms with van der Waals surface area (Å²) in [6.07, 6.45) is 7.76. The molecule has 0 spiro atoms. The van der Waals surface area contributed by atoms with Gasteiger partial charge in [0, 0.05) is 58.3 Å². The van der Waals surface area contributed by atoms with Gasteiger partial charge < -0.3 is 19.6 Å². The van der Waals surface area contributed by atoms with Crippen LogP contribution in [0.4, 0.5) is 5.82 Å². The fourth-order valence-electron chi connectivity index (χ4n) is 5.53. The molecule has 8 heteroatoms. The first-order chi connectivity index (χ1) is 14.6. The normalized spacial score (nSPS) is 29.5. The van der Waals surface area contributed by atoms with Crippen LogP contribution in [0.25, 0.3) is 0 Å². The van der Waals surface area contributed by atoms with Gasteiger partial charge in [-0.25, -0.2) is 4.98 Å². The molecule has 1 saturated carbocycles. The third-order valence-electron chi connectivity index (χ3n) is 7.57. The van der Waals surface area contributed by atoms with Crippen LogP contribution in [0.5, 0.6) is 0 Å². The van der Waals surface area contributed by atoms with Crippen LogP contribution in [0.15, 0.2) is 12.4 Å². The highest BCUT2D eigenvalue weighted by Gasteiger charge is 2.49. The van der Waals surface area contributed by atoms with Crippen molar-refractivity contribution in [3.63, 3.8) is 0 Å². The van der Waals surface area contributed by atoms with Gasteiger partial charge in [-0.1, -0.05) is 0 Å². The minimum absolute atomic E-state index is 0.0296. The molecular weight excluding hydrogens is 380 g/mol. The second kappa shape index (κ2) is 8.13. The van der Waals surface area contributed by atoms with Gasteiger partial charge in [0.2, 0.25) is 5.91 Å². The topological polar surface area (TPSA) is 72.9 Å². The molecule has 5 rings (SSSR count). The molecule has 8 nitrogen and oxygen atoms in total. The summed E-state index contributed by atoms with van der Waals surface area (Å²) in [5.74, 6) is 2.33. The monoisotopic (exact) mass is 412 g/mol. The second-order valence-electron chi connectivity index (χ2n) is 9.39. The van der Waals surface area contributed by atoms with Crippen LogP contribution in [0.1, 0.15) is 36.2 Å². The molecule has 162 valence electrons. The highest BCUT2D eigenvalue weighted by Crippen LogP contribution is 2.47. The summed E-state index contributed by atoms with van der Waals surface area (Å²) in [4.78, 5) is 43.2. The van der Waals surface area contributed by atoms with Gasteiger partial charge in [-0.2, -0.15) is 0 Å². The summed E-state index contributed by atoms with van der Waals surface area (Å²) < 4.78 is 0. The number of fused-ring (bicyclic) bond motifs is 1. The Morgan fingerprint density at radius 2 is 1.73 bits per heavy atom. The number of hydrogen-bond acceptors (Lipinski definition) is 6. The van der Waals surface area contributed by atoms with Gasteiger partial charge in [-0.05, 0) is 44.6 Å². The van der Waals surface area contributed by atoms with E-state index in [-0.39, 0.29) is 11.8 Å². The number of nitrogens with zero attached hydrogens (tertiary/aromatic N) is 6. The average molecular weight is 413 g/mol. The number of piperazine rings is 1. The van der Waals surface area contributed by atoms with Gasteiger partial charge in [0.15, 0.2) is 0 Å². The smallest absolute Gasteiger partial charge is 0.274 e. The molecule has 0 radical (unpaired) electrons. The number of aromatic nitrogens is 2. The van der Waals surface area contributed by atoms with Crippen molar-refractivity contribution >= 4 is 17.6 Å². The largest absolute Gasteiger partial charge is 0.355 e. The molecule has 1 aromatic rings. The molecule has 1 aliphatic carbocycles. The predicted octanol–water partition coefficient (Wildman–Crippen LogP) is 0.949. The number of anilines is 1. The Hall–Kier alpha value is -2.22. The molecule has 3 atom stereocenters.